The molecule has 1 aromatic heterocycles. The van der Waals surface area contributed by atoms with Gasteiger partial charge >= 0.3 is 11.8 Å². The molecule has 138 valence electrons. The second-order valence-corrected chi connectivity index (χ2v) is 8.07. The third-order valence-electron chi connectivity index (χ3n) is 1.78. The van der Waals surface area contributed by atoms with Crippen LogP contribution in [0.2, 0.25) is 0 Å². The molecule has 0 saturated heterocycles. The minimum Gasteiger partial charge on any atom is -0.325 e. The lowest BCUT2D eigenvalue weighted by Gasteiger charge is -2.21. The van der Waals surface area contributed by atoms with Crippen molar-refractivity contribution in [3.8, 4) is 17.5 Å². The molecule has 0 unspecified atom stereocenters. The Labute approximate surface area is 142 Å². The van der Waals surface area contributed by atoms with E-state index in [0.717, 1.165) is 0 Å². The van der Waals surface area contributed by atoms with Crippen molar-refractivity contribution in [2.45, 2.75) is 79.1 Å². The normalized spacial score (nSPS) is 12.9. The second kappa shape index (κ2) is 7.45. The van der Waals surface area contributed by atoms with Crippen molar-refractivity contribution >= 4 is 0 Å². The first-order chi connectivity index (χ1) is 10.8. The number of hydrogen-bond donors (Lipinski definition) is 0. The third kappa shape index (κ3) is 8.23. The molecule has 0 aliphatic heterocycles. The second-order valence-electron chi connectivity index (χ2n) is 8.07. The molecule has 0 spiro atoms. The molecular weight excluding hydrogens is 318 g/mol. The molecule has 0 fully saturated rings. The van der Waals surface area contributed by atoms with Crippen molar-refractivity contribution in [2.24, 2.45) is 0 Å². The summed E-state index contributed by atoms with van der Waals surface area (Å²) >= 11 is 0. The average Bonchev–Trinajstić information content (AvgIpc) is 2.38. The van der Waals surface area contributed by atoms with Gasteiger partial charge in [0.2, 0.25) is 0 Å². The van der Waals surface area contributed by atoms with Crippen molar-refractivity contribution in [1.29, 1.82) is 0 Å². The molecule has 0 bridgehead atoms. The smallest absolute Gasteiger partial charge is 0.325 e. The maximum Gasteiger partial charge on any atom is 0.328 e. The van der Waals surface area contributed by atoms with E-state index in [4.69, 9.17) is 29.3 Å². The van der Waals surface area contributed by atoms with E-state index < -0.39 is 16.8 Å². The SMILES string of the molecule is CC(C)(C)OOc1nnnc(OOC(C)(C)C)c1OOC(C)(C)C. The fraction of sp³-hybridized carbons (Fsp3) is 0.800. The molecular formula is C15H27N3O6. The van der Waals surface area contributed by atoms with Crippen LogP contribution in [-0.4, -0.2) is 32.2 Å². The van der Waals surface area contributed by atoms with E-state index in [2.05, 4.69) is 15.4 Å². The van der Waals surface area contributed by atoms with Gasteiger partial charge in [0.1, 0.15) is 16.8 Å². The fourth-order valence-corrected chi connectivity index (χ4v) is 0.962. The van der Waals surface area contributed by atoms with Crippen LogP contribution in [-0.2, 0) is 14.7 Å². The van der Waals surface area contributed by atoms with Gasteiger partial charge in [0.15, 0.2) is 0 Å². The monoisotopic (exact) mass is 345 g/mol. The molecule has 1 heterocycles. The van der Waals surface area contributed by atoms with Gasteiger partial charge in [-0.25, -0.2) is 0 Å². The Morgan fingerprint density at radius 2 is 0.875 bits per heavy atom. The molecule has 24 heavy (non-hydrogen) atoms. The summed E-state index contributed by atoms with van der Waals surface area (Å²) in [6.07, 6.45) is 0. The molecule has 0 aliphatic rings. The zero-order valence-corrected chi connectivity index (χ0v) is 15.8. The van der Waals surface area contributed by atoms with Crippen molar-refractivity contribution in [3.63, 3.8) is 0 Å². The van der Waals surface area contributed by atoms with Gasteiger partial charge in [-0.05, 0) is 67.5 Å². The van der Waals surface area contributed by atoms with Gasteiger partial charge < -0.3 is 14.7 Å². The first kappa shape index (κ1) is 20.3. The summed E-state index contributed by atoms with van der Waals surface area (Å²) in [5.41, 5.74) is -1.74. The van der Waals surface area contributed by atoms with Gasteiger partial charge in [0.25, 0.3) is 5.75 Å². The Kier molecular flexibility index (Phi) is 6.32. The Balaban J connectivity index is 3.03. The highest BCUT2D eigenvalue weighted by Gasteiger charge is 2.27. The van der Waals surface area contributed by atoms with Gasteiger partial charge in [0.05, 0.1) is 0 Å². The van der Waals surface area contributed by atoms with Crippen LogP contribution in [0.1, 0.15) is 62.3 Å². The Hall–Kier alpha value is -1.71. The summed E-state index contributed by atoms with van der Waals surface area (Å²) in [7, 11) is 0. The van der Waals surface area contributed by atoms with E-state index in [1.165, 1.54) is 0 Å². The maximum atomic E-state index is 5.29. The van der Waals surface area contributed by atoms with Crippen LogP contribution in [0, 0.1) is 0 Å². The highest BCUT2D eigenvalue weighted by molar-refractivity contribution is 5.39. The minimum atomic E-state index is -0.590. The van der Waals surface area contributed by atoms with Crippen LogP contribution in [0.25, 0.3) is 0 Å². The van der Waals surface area contributed by atoms with Crippen LogP contribution in [0.15, 0.2) is 0 Å². The summed E-state index contributed by atoms with van der Waals surface area (Å²) in [5.74, 6) is -0.248. The van der Waals surface area contributed by atoms with Gasteiger partial charge in [-0.15, -0.1) is 0 Å². The largest absolute Gasteiger partial charge is 0.328 e. The fourth-order valence-electron chi connectivity index (χ4n) is 0.962. The summed E-state index contributed by atoms with van der Waals surface area (Å²) in [5, 5.41) is 11.0. The molecule has 0 aliphatic carbocycles. The van der Waals surface area contributed by atoms with E-state index >= 15 is 0 Å². The standard InChI is InChI=1S/C15H27N3O6/c1-13(2,3)22-19-10-11(20-23-14(4,5)6)16-18-17-12(10)21-24-15(7,8)9/h1-9H3. The van der Waals surface area contributed by atoms with Gasteiger partial charge in [-0.2, -0.15) is 14.7 Å². The molecule has 1 aromatic rings. The lowest BCUT2D eigenvalue weighted by atomic mass is 10.2. The first-order valence-electron chi connectivity index (χ1n) is 7.57. The third-order valence-corrected chi connectivity index (χ3v) is 1.78. The number of aromatic nitrogens is 3. The number of rotatable bonds is 6. The van der Waals surface area contributed by atoms with Crippen molar-refractivity contribution in [1.82, 2.24) is 15.4 Å². The Bertz CT molecular complexity index is 495. The average molecular weight is 345 g/mol. The minimum absolute atomic E-state index is 0.0478. The van der Waals surface area contributed by atoms with Gasteiger partial charge in [0, 0.05) is 0 Å². The summed E-state index contributed by atoms with van der Waals surface area (Å²) in [6.45, 7) is 16.3. The maximum absolute atomic E-state index is 5.29. The molecule has 9 heteroatoms. The molecule has 0 saturated carbocycles. The predicted molar refractivity (Wildman–Crippen MR) is 84.2 cm³/mol. The molecule has 1 rings (SSSR count). The quantitative estimate of drug-likeness (QED) is 0.569. The van der Waals surface area contributed by atoms with Crippen LogP contribution in [0.4, 0.5) is 0 Å². The number of nitrogens with zero attached hydrogens (tertiary/aromatic N) is 3. The zero-order valence-electron chi connectivity index (χ0n) is 15.8. The lowest BCUT2D eigenvalue weighted by molar-refractivity contribution is -0.305. The van der Waals surface area contributed by atoms with E-state index in [1.807, 2.05) is 62.3 Å². The van der Waals surface area contributed by atoms with E-state index in [0.29, 0.717) is 0 Å². The van der Waals surface area contributed by atoms with Crippen LogP contribution < -0.4 is 14.7 Å². The highest BCUT2D eigenvalue weighted by atomic mass is 17.2. The molecule has 0 radical (unpaired) electrons. The number of hydrogen-bond acceptors (Lipinski definition) is 9. The summed E-state index contributed by atoms with van der Waals surface area (Å²) in [4.78, 5) is 31.4. The molecule has 9 nitrogen and oxygen atoms in total. The lowest BCUT2D eigenvalue weighted by Crippen LogP contribution is -2.25. The van der Waals surface area contributed by atoms with Crippen molar-refractivity contribution in [2.75, 3.05) is 0 Å². The molecule has 0 N–H and O–H groups in total. The van der Waals surface area contributed by atoms with E-state index in [9.17, 15) is 0 Å². The molecule has 0 amide bonds. The van der Waals surface area contributed by atoms with Crippen LogP contribution >= 0.6 is 0 Å². The van der Waals surface area contributed by atoms with Crippen LogP contribution in [0.5, 0.6) is 17.5 Å². The van der Waals surface area contributed by atoms with Gasteiger partial charge in [-0.3, -0.25) is 0 Å². The van der Waals surface area contributed by atoms with E-state index in [1.54, 1.807) is 0 Å². The molecule has 0 aromatic carbocycles. The van der Waals surface area contributed by atoms with Gasteiger partial charge in [-0.1, -0.05) is 10.2 Å². The summed E-state index contributed by atoms with van der Waals surface area (Å²) in [6, 6.07) is 0. The highest BCUT2D eigenvalue weighted by Crippen LogP contribution is 2.35. The summed E-state index contributed by atoms with van der Waals surface area (Å²) < 4.78 is 0. The predicted octanol–water partition coefficient (Wildman–Crippen LogP) is 3.20. The Morgan fingerprint density at radius 3 is 1.21 bits per heavy atom. The van der Waals surface area contributed by atoms with E-state index in [-0.39, 0.29) is 17.5 Å². The first-order valence-corrected chi connectivity index (χ1v) is 7.57. The zero-order chi connectivity index (χ0) is 18.6. The molecule has 0 atom stereocenters. The topological polar surface area (TPSA) is 94.1 Å². The van der Waals surface area contributed by atoms with Crippen molar-refractivity contribution < 1.29 is 29.3 Å². The Morgan fingerprint density at radius 1 is 0.542 bits per heavy atom. The van der Waals surface area contributed by atoms with Crippen LogP contribution in [0.3, 0.4) is 0 Å². The van der Waals surface area contributed by atoms with Crippen molar-refractivity contribution in [3.05, 3.63) is 0 Å².